The zero-order chi connectivity index (χ0) is 12.4. The summed E-state index contributed by atoms with van der Waals surface area (Å²) in [5.74, 6) is 0. The molecule has 6 heteroatoms. The highest BCUT2D eigenvalue weighted by Crippen LogP contribution is 2.26. The highest BCUT2D eigenvalue weighted by molar-refractivity contribution is 7.09. The normalized spacial score (nSPS) is 21.3. The third-order valence-corrected chi connectivity index (χ3v) is 4.03. The van der Waals surface area contributed by atoms with E-state index < -0.39 is 0 Å². The van der Waals surface area contributed by atoms with Gasteiger partial charge in [-0.05, 0) is 12.5 Å². The third-order valence-electron chi connectivity index (χ3n) is 3.26. The van der Waals surface area contributed by atoms with Gasteiger partial charge in [-0.2, -0.15) is 5.10 Å². The van der Waals surface area contributed by atoms with Crippen molar-refractivity contribution in [2.45, 2.75) is 19.5 Å². The van der Waals surface area contributed by atoms with Gasteiger partial charge in [-0.25, -0.2) is 4.98 Å². The van der Waals surface area contributed by atoms with E-state index in [4.69, 9.17) is 4.74 Å². The van der Waals surface area contributed by atoms with Gasteiger partial charge in [-0.1, -0.05) is 0 Å². The Hall–Kier alpha value is -1.24. The molecule has 0 aliphatic carbocycles. The van der Waals surface area contributed by atoms with E-state index in [9.17, 15) is 0 Å². The summed E-state index contributed by atoms with van der Waals surface area (Å²) in [7, 11) is 0. The smallest absolute Gasteiger partial charge is 0.107 e. The SMILES string of the molecule is Cc1cn[nH]c1[C@@H]1COCCN1Cc1nccs1. The Bertz CT molecular complexity index is 496. The largest absolute Gasteiger partial charge is 0.378 e. The Balaban J connectivity index is 1.80. The maximum absolute atomic E-state index is 5.60. The van der Waals surface area contributed by atoms with E-state index in [-0.39, 0.29) is 6.04 Å². The molecule has 2 aromatic rings. The van der Waals surface area contributed by atoms with Crippen molar-refractivity contribution >= 4 is 11.3 Å². The number of nitrogens with zero attached hydrogens (tertiary/aromatic N) is 3. The van der Waals surface area contributed by atoms with Crippen molar-refractivity contribution in [3.05, 3.63) is 34.0 Å². The number of rotatable bonds is 3. The Morgan fingerprint density at radius 2 is 2.56 bits per heavy atom. The lowest BCUT2D eigenvalue weighted by Crippen LogP contribution is -2.39. The molecule has 18 heavy (non-hydrogen) atoms. The summed E-state index contributed by atoms with van der Waals surface area (Å²) in [5.41, 5.74) is 2.35. The fourth-order valence-corrected chi connectivity index (χ4v) is 2.93. The first-order chi connectivity index (χ1) is 8.84. The summed E-state index contributed by atoms with van der Waals surface area (Å²) < 4.78 is 5.60. The van der Waals surface area contributed by atoms with Crippen molar-refractivity contribution in [2.24, 2.45) is 0 Å². The van der Waals surface area contributed by atoms with Gasteiger partial charge in [-0.15, -0.1) is 11.3 Å². The number of ether oxygens (including phenoxy) is 1. The van der Waals surface area contributed by atoms with E-state index in [0.717, 1.165) is 30.4 Å². The molecule has 96 valence electrons. The standard InChI is InChI=1S/C12H16N4OS/c1-9-6-14-15-12(9)10-8-17-4-3-16(10)7-11-13-2-5-18-11/h2,5-6,10H,3-4,7-8H2,1H3,(H,14,15)/t10-/m0/s1. The minimum absolute atomic E-state index is 0.255. The van der Waals surface area contributed by atoms with Crippen LogP contribution in [0.1, 0.15) is 22.3 Å². The Labute approximate surface area is 110 Å². The topological polar surface area (TPSA) is 54.0 Å². The van der Waals surface area contributed by atoms with Gasteiger partial charge in [0, 0.05) is 18.1 Å². The lowest BCUT2D eigenvalue weighted by molar-refractivity contribution is -0.0145. The molecule has 0 spiro atoms. The summed E-state index contributed by atoms with van der Waals surface area (Å²) in [5, 5.41) is 10.4. The van der Waals surface area contributed by atoms with E-state index in [1.54, 1.807) is 11.3 Å². The molecule has 5 nitrogen and oxygen atoms in total. The number of hydrogen-bond donors (Lipinski definition) is 1. The molecule has 1 aliphatic heterocycles. The monoisotopic (exact) mass is 264 g/mol. The number of hydrogen-bond acceptors (Lipinski definition) is 5. The van der Waals surface area contributed by atoms with E-state index in [1.165, 1.54) is 5.56 Å². The molecule has 1 N–H and O–H groups in total. The highest BCUT2D eigenvalue weighted by atomic mass is 32.1. The van der Waals surface area contributed by atoms with E-state index in [1.807, 2.05) is 17.8 Å². The second kappa shape index (κ2) is 5.17. The Morgan fingerprint density at radius 1 is 1.61 bits per heavy atom. The van der Waals surface area contributed by atoms with Crippen molar-refractivity contribution in [3.8, 4) is 0 Å². The van der Waals surface area contributed by atoms with Crippen LogP contribution in [0.2, 0.25) is 0 Å². The molecule has 1 atom stereocenters. The molecular formula is C12H16N4OS. The number of aryl methyl sites for hydroxylation is 1. The van der Waals surface area contributed by atoms with Gasteiger partial charge >= 0.3 is 0 Å². The predicted molar refractivity (Wildman–Crippen MR) is 69.4 cm³/mol. The summed E-state index contributed by atoms with van der Waals surface area (Å²) in [6, 6.07) is 0.255. The number of thiazole rings is 1. The van der Waals surface area contributed by atoms with Crippen LogP contribution in [0.25, 0.3) is 0 Å². The molecule has 0 amide bonds. The van der Waals surface area contributed by atoms with Crippen LogP contribution in [0, 0.1) is 6.92 Å². The molecule has 0 aromatic carbocycles. The molecule has 0 saturated carbocycles. The van der Waals surface area contributed by atoms with Crippen LogP contribution >= 0.6 is 11.3 Å². The van der Waals surface area contributed by atoms with Gasteiger partial charge in [-0.3, -0.25) is 10.00 Å². The summed E-state index contributed by atoms with van der Waals surface area (Å²) >= 11 is 1.70. The molecule has 0 unspecified atom stereocenters. The van der Waals surface area contributed by atoms with Gasteiger partial charge in [0.1, 0.15) is 5.01 Å². The molecule has 0 bridgehead atoms. The van der Waals surface area contributed by atoms with Crippen LogP contribution in [0.4, 0.5) is 0 Å². The fourth-order valence-electron chi connectivity index (χ4n) is 2.29. The van der Waals surface area contributed by atoms with Crippen LogP contribution in [0.15, 0.2) is 17.8 Å². The minimum atomic E-state index is 0.255. The molecule has 1 saturated heterocycles. The van der Waals surface area contributed by atoms with Crippen molar-refractivity contribution in [1.29, 1.82) is 0 Å². The minimum Gasteiger partial charge on any atom is -0.378 e. The number of morpholine rings is 1. The van der Waals surface area contributed by atoms with Crippen LogP contribution in [0.3, 0.4) is 0 Å². The fraction of sp³-hybridized carbons (Fsp3) is 0.500. The lowest BCUT2D eigenvalue weighted by Gasteiger charge is -2.34. The van der Waals surface area contributed by atoms with Gasteiger partial charge in [0.2, 0.25) is 0 Å². The van der Waals surface area contributed by atoms with Crippen LogP contribution in [0.5, 0.6) is 0 Å². The molecule has 0 radical (unpaired) electrons. The van der Waals surface area contributed by atoms with E-state index in [2.05, 4.69) is 27.0 Å². The average Bonchev–Trinajstić information content (AvgIpc) is 3.02. The first-order valence-corrected chi connectivity index (χ1v) is 6.92. The maximum Gasteiger partial charge on any atom is 0.107 e. The average molecular weight is 264 g/mol. The number of aromatic nitrogens is 3. The molecule has 2 aromatic heterocycles. The molecule has 1 fully saturated rings. The van der Waals surface area contributed by atoms with Crippen LogP contribution in [-0.4, -0.2) is 39.8 Å². The van der Waals surface area contributed by atoms with Crippen molar-refractivity contribution in [1.82, 2.24) is 20.1 Å². The number of aromatic amines is 1. The quantitative estimate of drug-likeness (QED) is 0.917. The zero-order valence-electron chi connectivity index (χ0n) is 10.3. The van der Waals surface area contributed by atoms with Gasteiger partial charge in [0.05, 0.1) is 37.7 Å². The van der Waals surface area contributed by atoms with Crippen molar-refractivity contribution < 1.29 is 4.74 Å². The van der Waals surface area contributed by atoms with Crippen LogP contribution < -0.4 is 0 Å². The molecule has 1 aliphatic rings. The van der Waals surface area contributed by atoms with Gasteiger partial charge < -0.3 is 4.74 Å². The Kier molecular flexibility index (Phi) is 3.40. The molecule has 3 heterocycles. The number of H-pyrrole nitrogens is 1. The summed E-state index contributed by atoms with van der Waals surface area (Å²) in [4.78, 5) is 6.76. The van der Waals surface area contributed by atoms with Gasteiger partial charge in [0.15, 0.2) is 0 Å². The predicted octanol–water partition coefficient (Wildman–Crippen LogP) is 1.75. The Morgan fingerprint density at radius 3 is 3.28 bits per heavy atom. The van der Waals surface area contributed by atoms with Crippen molar-refractivity contribution in [2.75, 3.05) is 19.8 Å². The zero-order valence-corrected chi connectivity index (χ0v) is 11.1. The maximum atomic E-state index is 5.60. The summed E-state index contributed by atoms with van der Waals surface area (Å²) in [6.07, 6.45) is 3.72. The second-order valence-electron chi connectivity index (χ2n) is 4.45. The summed E-state index contributed by atoms with van der Waals surface area (Å²) in [6.45, 7) is 5.39. The molecule has 3 rings (SSSR count). The van der Waals surface area contributed by atoms with Crippen molar-refractivity contribution in [3.63, 3.8) is 0 Å². The van der Waals surface area contributed by atoms with Gasteiger partial charge in [0.25, 0.3) is 0 Å². The molecular weight excluding hydrogens is 248 g/mol. The van der Waals surface area contributed by atoms with E-state index in [0.29, 0.717) is 6.61 Å². The van der Waals surface area contributed by atoms with E-state index >= 15 is 0 Å². The second-order valence-corrected chi connectivity index (χ2v) is 5.43. The number of nitrogens with one attached hydrogen (secondary N) is 1. The highest BCUT2D eigenvalue weighted by Gasteiger charge is 2.27. The lowest BCUT2D eigenvalue weighted by atomic mass is 10.1. The first kappa shape index (κ1) is 11.8. The third kappa shape index (κ3) is 2.31. The van der Waals surface area contributed by atoms with Crippen LogP contribution in [-0.2, 0) is 11.3 Å². The first-order valence-electron chi connectivity index (χ1n) is 6.04.